The highest BCUT2D eigenvalue weighted by molar-refractivity contribution is 6.04. The Morgan fingerprint density at radius 1 is 1.54 bits per heavy atom. The summed E-state index contributed by atoms with van der Waals surface area (Å²) in [5.74, 6) is -1.24. The lowest BCUT2D eigenvalue weighted by molar-refractivity contribution is 0.0591. The molecule has 13 heavy (non-hydrogen) atoms. The first kappa shape index (κ1) is 9.31. The third kappa shape index (κ3) is 1.53. The van der Waals surface area contributed by atoms with E-state index < -0.39 is 11.9 Å². The Morgan fingerprint density at radius 2 is 2.15 bits per heavy atom. The Labute approximate surface area is 74.9 Å². The Balaban J connectivity index is 3.22. The van der Waals surface area contributed by atoms with Gasteiger partial charge >= 0.3 is 5.97 Å². The summed E-state index contributed by atoms with van der Waals surface area (Å²) < 4.78 is 4.46. The van der Waals surface area contributed by atoms with Gasteiger partial charge in [-0.3, -0.25) is 4.79 Å². The quantitative estimate of drug-likeness (QED) is 0.641. The number of aryl methyl sites for hydroxylation is 1. The van der Waals surface area contributed by atoms with Crippen molar-refractivity contribution in [3.63, 3.8) is 0 Å². The molecule has 1 heterocycles. The number of nitrogens with one attached hydrogen (secondary N) is 1. The van der Waals surface area contributed by atoms with E-state index in [0.29, 0.717) is 5.56 Å². The SMILES string of the molecule is COC(=O)c1[nH]cc(C)c1C(N)=O. The summed E-state index contributed by atoms with van der Waals surface area (Å²) >= 11 is 0. The zero-order valence-corrected chi connectivity index (χ0v) is 7.38. The highest BCUT2D eigenvalue weighted by atomic mass is 16.5. The molecular formula is C8H10N2O3. The number of carbonyl (C=O) groups excluding carboxylic acids is 2. The summed E-state index contributed by atoms with van der Waals surface area (Å²) in [5, 5.41) is 0. The second-order valence-corrected chi connectivity index (χ2v) is 2.58. The van der Waals surface area contributed by atoms with Crippen molar-refractivity contribution in [1.29, 1.82) is 0 Å². The predicted molar refractivity (Wildman–Crippen MR) is 45.4 cm³/mol. The normalized spacial score (nSPS) is 9.69. The van der Waals surface area contributed by atoms with Crippen molar-refractivity contribution in [3.8, 4) is 0 Å². The monoisotopic (exact) mass is 182 g/mol. The van der Waals surface area contributed by atoms with Crippen molar-refractivity contribution >= 4 is 11.9 Å². The molecule has 5 nitrogen and oxygen atoms in total. The second-order valence-electron chi connectivity index (χ2n) is 2.58. The maximum Gasteiger partial charge on any atom is 0.355 e. The number of methoxy groups -OCH3 is 1. The fourth-order valence-corrected chi connectivity index (χ4v) is 1.10. The van der Waals surface area contributed by atoms with Crippen LogP contribution in [-0.2, 0) is 4.74 Å². The number of aromatic amines is 1. The van der Waals surface area contributed by atoms with Crippen molar-refractivity contribution in [2.24, 2.45) is 5.73 Å². The number of hydrogen-bond donors (Lipinski definition) is 2. The minimum Gasteiger partial charge on any atom is -0.464 e. The first-order valence-corrected chi connectivity index (χ1v) is 3.64. The Hall–Kier alpha value is -1.78. The van der Waals surface area contributed by atoms with Gasteiger partial charge in [-0.25, -0.2) is 4.79 Å². The van der Waals surface area contributed by atoms with Gasteiger partial charge in [0.15, 0.2) is 0 Å². The summed E-state index contributed by atoms with van der Waals surface area (Å²) in [6.45, 7) is 1.68. The molecule has 1 rings (SSSR count). The fraction of sp³-hybridized carbons (Fsp3) is 0.250. The molecule has 0 saturated carbocycles. The molecule has 0 aromatic carbocycles. The summed E-state index contributed by atoms with van der Waals surface area (Å²) in [5.41, 5.74) is 6.01. The number of carbonyl (C=O) groups is 2. The van der Waals surface area contributed by atoms with Crippen molar-refractivity contribution < 1.29 is 14.3 Å². The maximum absolute atomic E-state index is 11.1. The fourth-order valence-electron chi connectivity index (χ4n) is 1.10. The number of hydrogen-bond acceptors (Lipinski definition) is 3. The minimum atomic E-state index is -0.640. The molecule has 1 amide bonds. The molecule has 0 unspecified atom stereocenters. The van der Waals surface area contributed by atoms with Crippen LogP contribution in [0.2, 0.25) is 0 Å². The first-order chi connectivity index (χ1) is 6.07. The molecule has 0 aliphatic heterocycles. The van der Waals surface area contributed by atoms with Crippen molar-refractivity contribution in [2.45, 2.75) is 6.92 Å². The van der Waals surface area contributed by atoms with E-state index in [-0.39, 0.29) is 11.3 Å². The summed E-state index contributed by atoms with van der Waals surface area (Å²) in [7, 11) is 1.24. The van der Waals surface area contributed by atoms with Gasteiger partial charge in [0.25, 0.3) is 5.91 Å². The molecule has 0 aliphatic rings. The predicted octanol–water partition coefficient (Wildman–Crippen LogP) is 0.209. The van der Waals surface area contributed by atoms with Crippen LogP contribution in [0.4, 0.5) is 0 Å². The number of nitrogens with two attached hydrogens (primary N) is 1. The van der Waals surface area contributed by atoms with E-state index in [1.165, 1.54) is 13.3 Å². The zero-order valence-electron chi connectivity index (χ0n) is 7.38. The number of amides is 1. The van der Waals surface area contributed by atoms with Gasteiger partial charge in [-0.2, -0.15) is 0 Å². The van der Waals surface area contributed by atoms with Crippen LogP contribution in [0.5, 0.6) is 0 Å². The molecule has 0 radical (unpaired) electrons. The van der Waals surface area contributed by atoms with Gasteiger partial charge in [0, 0.05) is 6.20 Å². The summed E-state index contributed by atoms with van der Waals surface area (Å²) in [4.78, 5) is 24.6. The van der Waals surface area contributed by atoms with Crippen LogP contribution < -0.4 is 5.73 Å². The van der Waals surface area contributed by atoms with Gasteiger partial charge < -0.3 is 15.5 Å². The van der Waals surface area contributed by atoms with Crippen LogP contribution in [0.3, 0.4) is 0 Å². The van der Waals surface area contributed by atoms with E-state index >= 15 is 0 Å². The van der Waals surface area contributed by atoms with Crippen molar-refractivity contribution in [3.05, 3.63) is 23.0 Å². The van der Waals surface area contributed by atoms with E-state index in [1.54, 1.807) is 6.92 Å². The van der Waals surface area contributed by atoms with Crippen molar-refractivity contribution in [1.82, 2.24) is 4.98 Å². The molecule has 3 N–H and O–H groups in total. The number of aromatic nitrogens is 1. The number of ether oxygens (including phenoxy) is 1. The number of primary amides is 1. The zero-order chi connectivity index (χ0) is 10.0. The highest BCUT2D eigenvalue weighted by Gasteiger charge is 2.19. The Kier molecular flexibility index (Phi) is 2.36. The van der Waals surface area contributed by atoms with Gasteiger partial charge in [0.2, 0.25) is 0 Å². The molecule has 1 aromatic heterocycles. The smallest absolute Gasteiger partial charge is 0.355 e. The number of esters is 1. The molecule has 0 spiro atoms. The molecule has 0 saturated heterocycles. The molecule has 0 fully saturated rings. The first-order valence-electron chi connectivity index (χ1n) is 3.64. The standard InChI is InChI=1S/C8H10N2O3/c1-4-3-10-6(8(12)13-2)5(4)7(9)11/h3,10H,1-2H3,(H2,9,11). The van der Waals surface area contributed by atoms with Crippen LogP contribution in [-0.4, -0.2) is 24.0 Å². The second kappa shape index (κ2) is 3.30. The van der Waals surface area contributed by atoms with Gasteiger partial charge in [-0.15, -0.1) is 0 Å². The van der Waals surface area contributed by atoms with Crippen molar-refractivity contribution in [2.75, 3.05) is 7.11 Å². The molecule has 70 valence electrons. The molecule has 1 aromatic rings. The van der Waals surface area contributed by atoms with Crippen LogP contribution in [0.1, 0.15) is 26.4 Å². The highest BCUT2D eigenvalue weighted by Crippen LogP contribution is 2.12. The average molecular weight is 182 g/mol. The van der Waals surface area contributed by atoms with Crippen LogP contribution in [0.25, 0.3) is 0 Å². The van der Waals surface area contributed by atoms with Gasteiger partial charge in [0.05, 0.1) is 12.7 Å². The largest absolute Gasteiger partial charge is 0.464 e. The maximum atomic E-state index is 11.1. The van der Waals surface area contributed by atoms with Gasteiger partial charge in [-0.05, 0) is 12.5 Å². The molecule has 0 bridgehead atoms. The lowest BCUT2D eigenvalue weighted by Crippen LogP contribution is -2.16. The summed E-state index contributed by atoms with van der Waals surface area (Å²) in [6.07, 6.45) is 1.53. The third-order valence-corrected chi connectivity index (χ3v) is 1.71. The third-order valence-electron chi connectivity index (χ3n) is 1.71. The van der Waals surface area contributed by atoms with E-state index in [1.807, 2.05) is 0 Å². The van der Waals surface area contributed by atoms with E-state index in [0.717, 1.165) is 0 Å². The molecular weight excluding hydrogens is 172 g/mol. The minimum absolute atomic E-state index is 0.104. The van der Waals surface area contributed by atoms with Crippen LogP contribution >= 0.6 is 0 Å². The van der Waals surface area contributed by atoms with Crippen LogP contribution in [0.15, 0.2) is 6.20 Å². The topological polar surface area (TPSA) is 85.2 Å². The summed E-state index contributed by atoms with van der Waals surface area (Å²) in [6, 6.07) is 0. The van der Waals surface area contributed by atoms with Crippen LogP contribution in [0, 0.1) is 6.92 Å². The van der Waals surface area contributed by atoms with E-state index in [9.17, 15) is 9.59 Å². The lowest BCUT2D eigenvalue weighted by atomic mass is 10.1. The molecule has 0 aliphatic carbocycles. The van der Waals surface area contributed by atoms with Gasteiger partial charge in [0.1, 0.15) is 5.69 Å². The molecule has 5 heteroatoms. The molecule has 0 atom stereocenters. The van der Waals surface area contributed by atoms with Gasteiger partial charge in [-0.1, -0.05) is 0 Å². The number of H-pyrrole nitrogens is 1. The average Bonchev–Trinajstić information content (AvgIpc) is 2.45. The van der Waals surface area contributed by atoms with E-state index in [2.05, 4.69) is 9.72 Å². The number of rotatable bonds is 2. The Morgan fingerprint density at radius 3 is 2.62 bits per heavy atom. The lowest BCUT2D eigenvalue weighted by Gasteiger charge is -1.98. The van der Waals surface area contributed by atoms with E-state index in [4.69, 9.17) is 5.73 Å². The Bertz CT molecular complexity index is 354.